The van der Waals surface area contributed by atoms with Crippen LogP contribution < -0.4 is 10.5 Å². The van der Waals surface area contributed by atoms with Crippen molar-refractivity contribution >= 4 is 11.8 Å². The number of nitrogens with two attached hydrogens (primary N) is 1. The first-order chi connectivity index (χ1) is 18.5. The number of guanidine groups is 1. The number of pyridine rings is 1. The summed E-state index contributed by atoms with van der Waals surface area (Å²) >= 11 is 0. The Kier molecular flexibility index (Phi) is 5.18. The van der Waals surface area contributed by atoms with E-state index >= 15 is 0 Å². The number of benzene rings is 2. The molecule has 0 saturated heterocycles. The zero-order valence-electron chi connectivity index (χ0n) is 21.3. The lowest BCUT2D eigenvalue weighted by molar-refractivity contribution is 0.115. The Balaban J connectivity index is 1.35. The van der Waals surface area contributed by atoms with E-state index in [0.717, 1.165) is 54.2 Å². The molecule has 1 saturated carbocycles. The minimum Gasteiger partial charge on any atom is -0.486 e. The quantitative estimate of drug-likeness (QED) is 0.376. The van der Waals surface area contributed by atoms with Gasteiger partial charge in [-0.25, -0.2) is 9.98 Å². The van der Waals surface area contributed by atoms with E-state index in [2.05, 4.69) is 41.1 Å². The Morgan fingerprint density at radius 1 is 1.03 bits per heavy atom. The number of aromatic nitrogens is 1. The number of amidine groups is 1. The smallest absolute Gasteiger partial charge is 0.220 e. The summed E-state index contributed by atoms with van der Waals surface area (Å²) in [5.41, 5.74) is 8.90. The largest absolute Gasteiger partial charge is 0.486 e. The molecule has 2 aromatic carbocycles. The molecular weight excluding hydrogens is 477 g/mol. The van der Waals surface area contributed by atoms with Crippen LogP contribution in [0.4, 0.5) is 4.39 Å². The molecule has 0 bridgehead atoms. The standard InChI is InChI=1S/C31H30FN5O/c1-20-8-13-26(20)38-24-11-9-22(10-12-24)31(23-6-2-5-21(17-23)25-7-3-16-34-27(25)32)28-35-18-30(14-4-15-30)19-37(28)29(33)36-31/h2-3,5-13,16-17,20,26H,4,14-15,18-19H2,1H3,(H2,33,36). The summed E-state index contributed by atoms with van der Waals surface area (Å²) in [6.45, 7) is 3.74. The third-order valence-corrected chi connectivity index (χ3v) is 8.63. The molecule has 2 aliphatic heterocycles. The van der Waals surface area contributed by atoms with Crippen LogP contribution in [0.25, 0.3) is 11.1 Å². The highest BCUT2D eigenvalue weighted by Crippen LogP contribution is 2.49. The molecule has 0 radical (unpaired) electrons. The van der Waals surface area contributed by atoms with Crippen molar-refractivity contribution < 1.29 is 9.13 Å². The van der Waals surface area contributed by atoms with E-state index in [1.54, 1.807) is 12.1 Å². The van der Waals surface area contributed by atoms with Gasteiger partial charge < -0.3 is 10.5 Å². The average molecular weight is 508 g/mol. The summed E-state index contributed by atoms with van der Waals surface area (Å²) in [6.07, 6.45) is 9.34. The fourth-order valence-corrected chi connectivity index (χ4v) is 6.13. The topological polar surface area (TPSA) is 76.1 Å². The molecule has 38 heavy (non-hydrogen) atoms. The molecule has 192 valence electrons. The lowest BCUT2D eigenvalue weighted by atomic mass is 9.67. The maximum absolute atomic E-state index is 14.7. The van der Waals surface area contributed by atoms with E-state index in [1.165, 1.54) is 12.6 Å². The molecule has 6 nitrogen and oxygen atoms in total. The van der Waals surface area contributed by atoms with Crippen molar-refractivity contribution in [1.82, 2.24) is 9.88 Å². The van der Waals surface area contributed by atoms with Gasteiger partial charge in [0.2, 0.25) is 5.95 Å². The van der Waals surface area contributed by atoms with Crippen molar-refractivity contribution in [3.8, 4) is 16.9 Å². The summed E-state index contributed by atoms with van der Waals surface area (Å²) < 4.78 is 20.8. The van der Waals surface area contributed by atoms with Crippen LogP contribution in [0, 0.1) is 17.3 Å². The third-order valence-electron chi connectivity index (χ3n) is 8.63. The number of aliphatic imine (C=N–C) groups is 2. The zero-order chi connectivity index (χ0) is 25.9. The zero-order valence-corrected chi connectivity index (χ0v) is 21.3. The van der Waals surface area contributed by atoms with E-state index in [9.17, 15) is 4.39 Å². The van der Waals surface area contributed by atoms with Gasteiger partial charge in [-0.1, -0.05) is 49.8 Å². The molecule has 3 heterocycles. The summed E-state index contributed by atoms with van der Waals surface area (Å²) in [5.74, 6) is 2.02. The number of ether oxygens (including phenoxy) is 1. The van der Waals surface area contributed by atoms with Crippen molar-refractivity contribution in [2.45, 2.75) is 37.8 Å². The predicted molar refractivity (Wildman–Crippen MR) is 146 cm³/mol. The molecule has 3 aromatic rings. The van der Waals surface area contributed by atoms with Gasteiger partial charge >= 0.3 is 0 Å². The second-order valence-corrected chi connectivity index (χ2v) is 11.0. The Hall–Kier alpha value is -4.00. The Bertz CT molecular complexity index is 1490. The van der Waals surface area contributed by atoms with Crippen LogP contribution in [0.5, 0.6) is 5.75 Å². The Labute approximate surface area is 221 Å². The van der Waals surface area contributed by atoms with Crippen LogP contribution in [-0.2, 0) is 5.54 Å². The van der Waals surface area contributed by atoms with Crippen LogP contribution in [-0.4, -0.2) is 40.9 Å². The Morgan fingerprint density at radius 3 is 2.55 bits per heavy atom. The minimum atomic E-state index is -0.938. The van der Waals surface area contributed by atoms with Crippen LogP contribution in [0.15, 0.2) is 89.0 Å². The number of rotatable bonds is 5. The maximum atomic E-state index is 14.7. The molecular formula is C31H30FN5O. The highest BCUT2D eigenvalue weighted by Gasteiger charge is 2.53. The number of hydrogen-bond acceptors (Lipinski definition) is 6. The Morgan fingerprint density at radius 2 is 1.87 bits per heavy atom. The van der Waals surface area contributed by atoms with Gasteiger partial charge in [0.15, 0.2) is 11.5 Å². The minimum absolute atomic E-state index is 0.0953. The molecule has 1 spiro atoms. The van der Waals surface area contributed by atoms with E-state index in [4.69, 9.17) is 20.5 Å². The van der Waals surface area contributed by atoms with Crippen molar-refractivity contribution in [1.29, 1.82) is 0 Å². The number of halogens is 1. The van der Waals surface area contributed by atoms with Gasteiger partial charge in [0.1, 0.15) is 17.7 Å². The van der Waals surface area contributed by atoms with Crippen LogP contribution in [0.3, 0.4) is 0 Å². The fraction of sp³-hybridized carbons (Fsp3) is 0.323. The lowest BCUT2D eigenvalue weighted by Crippen LogP contribution is -2.55. The molecule has 7 heteroatoms. The summed E-state index contributed by atoms with van der Waals surface area (Å²) in [6, 6.07) is 19.4. The molecule has 1 aromatic heterocycles. The van der Waals surface area contributed by atoms with Crippen LogP contribution in [0.2, 0.25) is 0 Å². The molecule has 0 amide bonds. The van der Waals surface area contributed by atoms with Crippen molar-refractivity contribution in [2.24, 2.45) is 27.1 Å². The molecule has 3 atom stereocenters. The SMILES string of the molecule is CC1C=CC1Oc1ccc(C2(c3cccc(-c4cccnc4F)c3)N=C(N)N3CC4(CCC4)CN=C32)cc1. The molecule has 2 aliphatic carbocycles. The van der Waals surface area contributed by atoms with Gasteiger partial charge in [-0.05, 0) is 65.9 Å². The molecule has 1 fully saturated rings. The van der Waals surface area contributed by atoms with E-state index in [-0.39, 0.29) is 11.5 Å². The van der Waals surface area contributed by atoms with E-state index in [0.29, 0.717) is 17.4 Å². The molecule has 7 rings (SSSR count). The monoisotopic (exact) mass is 507 g/mol. The maximum Gasteiger partial charge on any atom is 0.220 e. The molecule has 3 unspecified atom stereocenters. The van der Waals surface area contributed by atoms with E-state index < -0.39 is 11.5 Å². The number of nitrogens with zero attached hydrogens (tertiary/aromatic N) is 4. The first-order valence-corrected chi connectivity index (χ1v) is 13.3. The first kappa shape index (κ1) is 23.1. The first-order valence-electron chi connectivity index (χ1n) is 13.3. The van der Waals surface area contributed by atoms with E-state index in [1.807, 2.05) is 36.4 Å². The second-order valence-electron chi connectivity index (χ2n) is 11.0. The summed E-state index contributed by atoms with van der Waals surface area (Å²) in [5, 5.41) is 0. The third kappa shape index (κ3) is 3.48. The van der Waals surface area contributed by atoms with Gasteiger partial charge in [-0.3, -0.25) is 9.89 Å². The highest BCUT2D eigenvalue weighted by molar-refractivity contribution is 6.12. The van der Waals surface area contributed by atoms with Crippen LogP contribution in [0.1, 0.15) is 37.3 Å². The van der Waals surface area contributed by atoms with Crippen LogP contribution >= 0.6 is 0 Å². The number of fused-ring (bicyclic) bond motifs is 1. The lowest BCUT2D eigenvalue weighted by Gasteiger charge is -2.47. The average Bonchev–Trinajstić information content (AvgIpc) is 3.23. The fourth-order valence-electron chi connectivity index (χ4n) is 6.13. The summed E-state index contributed by atoms with van der Waals surface area (Å²) in [7, 11) is 0. The predicted octanol–water partition coefficient (Wildman–Crippen LogP) is 5.30. The van der Waals surface area contributed by atoms with Gasteiger partial charge in [0.05, 0.1) is 0 Å². The normalized spacial score (nSPS) is 26.7. The van der Waals surface area contributed by atoms with Gasteiger partial charge in [0.25, 0.3) is 0 Å². The second kappa shape index (κ2) is 8.51. The number of hydrogen-bond donors (Lipinski definition) is 1. The molecule has 4 aliphatic rings. The van der Waals surface area contributed by atoms with Crippen molar-refractivity contribution in [3.63, 3.8) is 0 Å². The van der Waals surface area contributed by atoms with Gasteiger partial charge in [-0.15, -0.1) is 0 Å². The van der Waals surface area contributed by atoms with Gasteiger partial charge in [-0.2, -0.15) is 4.39 Å². The highest BCUT2D eigenvalue weighted by atomic mass is 19.1. The summed E-state index contributed by atoms with van der Waals surface area (Å²) in [4.78, 5) is 16.3. The van der Waals surface area contributed by atoms with Gasteiger partial charge in [0, 0.05) is 36.2 Å². The molecule has 2 N–H and O–H groups in total. The van der Waals surface area contributed by atoms with Crippen molar-refractivity contribution in [2.75, 3.05) is 13.1 Å². The van der Waals surface area contributed by atoms with Crippen molar-refractivity contribution in [3.05, 3.63) is 96.1 Å².